The summed E-state index contributed by atoms with van der Waals surface area (Å²) in [6, 6.07) is 14.7. The van der Waals surface area contributed by atoms with Gasteiger partial charge in [0.1, 0.15) is 16.9 Å². The van der Waals surface area contributed by atoms with Gasteiger partial charge in [-0.05, 0) is 66.3 Å². The van der Waals surface area contributed by atoms with Crippen molar-refractivity contribution in [1.82, 2.24) is 10.3 Å². The summed E-state index contributed by atoms with van der Waals surface area (Å²) in [5.74, 6) is 0.0355. The van der Waals surface area contributed by atoms with Gasteiger partial charge in [0.25, 0.3) is 0 Å². The van der Waals surface area contributed by atoms with E-state index in [1.54, 1.807) is 6.07 Å². The van der Waals surface area contributed by atoms with Gasteiger partial charge in [0.15, 0.2) is 5.78 Å². The Kier molecular flexibility index (Phi) is 6.45. The van der Waals surface area contributed by atoms with E-state index in [0.717, 1.165) is 31.2 Å². The molecule has 1 aliphatic carbocycles. The number of pyridine rings is 1. The number of amides is 1. The molecule has 8 heteroatoms. The molecule has 2 aromatic heterocycles. The number of ketones is 1. The number of halogens is 1. The molecule has 5 rings (SSSR count). The zero-order valence-corrected chi connectivity index (χ0v) is 20.2. The molecule has 0 bridgehead atoms. The number of carbonyl (C=O) groups is 2. The van der Waals surface area contributed by atoms with Crippen molar-refractivity contribution >= 4 is 46.4 Å². The quantitative estimate of drug-likeness (QED) is 0.447. The first-order chi connectivity index (χ1) is 16.0. The lowest BCUT2D eigenvalue weighted by molar-refractivity contribution is -0.133. The van der Waals surface area contributed by atoms with Crippen LogP contribution >= 0.6 is 34.7 Å². The molecule has 1 N–H and O–H groups in total. The predicted octanol–water partition coefficient (Wildman–Crippen LogP) is 5.61. The van der Waals surface area contributed by atoms with Gasteiger partial charge in [-0.1, -0.05) is 29.8 Å². The Labute approximate surface area is 205 Å². The van der Waals surface area contributed by atoms with E-state index in [9.17, 15) is 9.59 Å². The highest BCUT2D eigenvalue weighted by Crippen LogP contribution is 2.41. The number of Topliss-reactive ketones (excluding diaryl/α,β-unsaturated/α-hetero) is 1. The standard InChI is InChI=1S/C25H23ClN2O3S2/c26-18-8-3-4-9-20(18)33-23-19(29)14-25(28-24(23)30,16-12-13-32-15-16)21-10-5-11-22(27-21)31-17-6-1-2-7-17/h3-5,8-13,15,17,23H,1-2,6-7,14H2,(H,28,30). The maximum absolute atomic E-state index is 13.4. The van der Waals surface area contributed by atoms with Crippen LogP contribution in [0.3, 0.4) is 0 Å². The Hall–Kier alpha value is -2.35. The fourth-order valence-corrected chi connectivity index (χ4v) is 6.46. The molecule has 1 saturated carbocycles. The van der Waals surface area contributed by atoms with Crippen LogP contribution in [0, 0.1) is 0 Å². The van der Waals surface area contributed by atoms with Crippen molar-refractivity contribution in [3.63, 3.8) is 0 Å². The van der Waals surface area contributed by atoms with E-state index in [4.69, 9.17) is 21.3 Å². The van der Waals surface area contributed by atoms with Crippen molar-refractivity contribution in [3.05, 3.63) is 75.6 Å². The zero-order valence-electron chi connectivity index (χ0n) is 17.8. The van der Waals surface area contributed by atoms with E-state index in [1.807, 2.05) is 53.2 Å². The van der Waals surface area contributed by atoms with E-state index < -0.39 is 10.8 Å². The molecule has 5 nitrogen and oxygen atoms in total. The maximum atomic E-state index is 13.4. The smallest absolute Gasteiger partial charge is 0.242 e. The number of rotatable bonds is 6. The molecular formula is C25H23ClN2O3S2. The van der Waals surface area contributed by atoms with Gasteiger partial charge >= 0.3 is 0 Å². The largest absolute Gasteiger partial charge is 0.474 e. The second-order valence-corrected chi connectivity index (χ2v) is 10.7. The van der Waals surface area contributed by atoms with Gasteiger partial charge in [-0.15, -0.1) is 11.8 Å². The van der Waals surface area contributed by atoms with Gasteiger partial charge in [-0.2, -0.15) is 11.3 Å². The van der Waals surface area contributed by atoms with Gasteiger partial charge in [-0.3, -0.25) is 9.59 Å². The van der Waals surface area contributed by atoms with Crippen LogP contribution < -0.4 is 10.1 Å². The number of piperidine rings is 1. The number of thiophene rings is 1. The number of ether oxygens (including phenoxy) is 1. The van der Waals surface area contributed by atoms with Crippen LogP contribution in [0.15, 0.2) is 64.2 Å². The lowest BCUT2D eigenvalue weighted by Gasteiger charge is -2.39. The average Bonchev–Trinajstić information content (AvgIpc) is 3.52. The Morgan fingerprint density at radius 3 is 2.64 bits per heavy atom. The number of nitrogens with zero attached hydrogens (tertiary/aromatic N) is 1. The van der Waals surface area contributed by atoms with Crippen molar-refractivity contribution in [1.29, 1.82) is 0 Å². The minimum Gasteiger partial charge on any atom is -0.474 e. The number of benzene rings is 1. The number of hydrogen-bond acceptors (Lipinski definition) is 6. The van der Waals surface area contributed by atoms with Gasteiger partial charge < -0.3 is 10.1 Å². The summed E-state index contributed by atoms with van der Waals surface area (Å²) >= 11 is 8.98. The van der Waals surface area contributed by atoms with Crippen molar-refractivity contribution in [2.75, 3.05) is 0 Å². The molecule has 1 saturated heterocycles. The molecule has 1 amide bonds. The Balaban J connectivity index is 1.46. The lowest BCUT2D eigenvalue weighted by atomic mass is 9.79. The molecule has 3 aromatic rings. The first kappa shape index (κ1) is 22.4. The topological polar surface area (TPSA) is 68.3 Å². The molecule has 1 aromatic carbocycles. The molecule has 170 valence electrons. The average molecular weight is 499 g/mol. The summed E-state index contributed by atoms with van der Waals surface area (Å²) in [5, 5.41) is 6.71. The van der Waals surface area contributed by atoms with Crippen LogP contribution in [0.1, 0.15) is 43.4 Å². The molecule has 0 spiro atoms. The fourth-order valence-electron chi connectivity index (χ4n) is 4.49. The first-order valence-electron chi connectivity index (χ1n) is 11.0. The fraction of sp³-hybridized carbons (Fsp3) is 0.320. The van der Waals surface area contributed by atoms with Crippen molar-refractivity contribution in [2.24, 2.45) is 0 Å². The molecule has 33 heavy (non-hydrogen) atoms. The molecule has 2 fully saturated rings. The van der Waals surface area contributed by atoms with E-state index in [2.05, 4.69) is 5.32 Å². The van der Waals surface area contributed by atoms with Gasteiger partial charge in [0, 0.05) is 17.4 Å². The van der Waals surface area contributed by atoms with Crippen LogP contribution in [0.4, 0.5) is 0 Å². The van der Waals surface area contributed by atoms with E-state index in [1.165, 1.54) is 23.1 Å². The molecule has 2 atom stereocenters. The number of hydrogen-bond donors (Lipinski definition) is 1. The van der Waals surface area contributed by atoms with Gasteiger partial charge in [0.05, 0.1) is 10.7 Å². The highest BCUT2D eigenvalue weighted by atomic mass is 35.5. The maximum Gasteiger partial charge on any atom is 0.242 e. The third kappa shape index (κ3) is 4.54. The molecule has 0 radical (unpaired) electrons. The van der Waals surface area contributed by atoms with Crippen LogP contribution in [-0.4, -0.2) is 28.0 Å². The predicted molar refractivity (Wildman–Crippen MR) is 131 cm³/mol. The van der Waals surface area contributed by atoms with Crippen LogP contribution in [-0.2, 0) is 15.1 Å². The summed E-state index contributed by atoms with van der Waals surface area (Å²) in [4.78, 5) is 32.2. The second kappa shape index (κ2) is 9.49. The minimum atomic E-state index is -1.03. The summed E-state index contributed by atoms with van der Waals surface area (Å²) in [6.07, 6.45) is 4.66. The number of nitrogens with one attached hydrogen (secondary N) is 1. The van der Waals surface area contributed by atoms with Crippen LogP contribution in [0.5, 0.6) is 5.88 Å². The minimum absolute atomic E-state index is 0.109. The van der Waals surface area contributed by atoms with Gasteiger partial charge in [-0.25, -0.2) is 4.98 Å². The zero-order chi connectivity index (χ0) is 22.8. The number of carbonyl (C=O) groups excluding carboxylic acids is 2. The van der Waals surface area contributed by atoms with Crippen molar-refractivity contribution in [3.8, 4) is 5.88 Å². The van der Waals surface area contributed by atoms with Crippen molar-refractivity contribution in [2.45, 2.75) is 53.9 Å². The number of aromatic nitrogens is 1. The van der Waals surface area contributed by atoms with E-state index >= 15 is 0 Å². The summed E-state index contributed by atoms with van der Waals surface area (Å²) in [7, 11) is 0. The monoisotopic (exact) mass is 498 g/mol. The van der Waals surface area contributed by atoms with Crippen LogP contribution in [0.25, 0.3) is 0 Å². The Bertz CT molecular complexity index is 1140. The molecule has 1 aliphatic heterocycles. The molecular weight excluding hydrogens is 476 g/mol. The normalized spacial score (nSPS) is 23.5. The summed E-state index contributed by atoms with van der Waals surface area (Å²) in [5.41, 5.74) is 0.431. The first-order valence-corrected chi connectivity index (χ1v) is 13.2. The Morgan fingerprint density at radius 1 is 1.09 bits per heavy atom. The summed E-state index contributed by atoms with van der Waals surface area (Å²) in [6.45, 7) is 0. The lowest BCUT2D eigenvalue weighted by Crippen LogP contribution is -2.58. The van der Waals surface area contributed by atoms with Gasteiger partial charge in [0.2, 0.25) is 11.8 Å². The summed E-state index contributed by atoms with van der Waals surface area (Å²) < 4.78 is 6.11. The van der Waals surface area contributed by atoms with E-state index in [-0.39, 0.29) is 24.2 Å². The molecule has 2 aliphatic rings. The molecule has 2 unspecified atom stereocenters. The SMILES string of the molecule is O=C1CC(c2ccsc2)(c2cccc(OC3CCCC3)n2)NC(=O)C1Sc1ccccc1Cl. The second-order valence-electron chi connectivity index (χ2n) is 8.36. The molecule has 3 heterocycles. The highest BCUT2D eigenvalue weighted by molar-refractivity contribution is 8.01. The third-order valence-corrected chi connectivity index (χ3v) is 8.60. The Morgan fingerprint density at radius 2 is 1.91 bits per heavy atom. The number of thioether (sulfide) groups is 1. The van der Waals surface area contributed by atoms with Crippen LogP contribution in [0.2, 0.25) is 5.02 Å². The van der Waals surface area contributed by atoms with E-state index in [0.29, 0.717) is 21.5 Å². The van der Waals surface area contributed by atoms with Crippen molar-refractivity contribution < 1.29 is 14.3 Å². The third-order valence-electron chi connectivity index (χ3n) is 6.15. The highest BCUT2D eigenvalue weighted by Gasteiger charge is 2.48.